The Balaban J connectivity index is 2.26. The topological polar surface area (TPSA) is 29.5 Å². The maximum absolute atomic E-state index is 13.7. The maximum atomic E-state index is 13.7. The van der Waals surface area contributed by atoms with Gasteiger partial charge in [-0.05, 0) is 18.2 Å². The molecule has 1 fully saturated rings. The molecule has 0 aromatic heterocycles. The third-order valence-electron chi connectivity index (χ3n) is 2.83. The number of benzene rings is 1. The van der Waals surface area contributed by atoms with Crippen molar-refractivity contribution in [3.63, 3.8) is 0 Å². The van der Waals surface area contributed by atoms with Crippen molar-refractivity contribution in [2.75, 3.05) is 25.1 Å². The van der Waals surface area contributed by atoms with Gasteiger partial charge >= 0.3 is 0 Å². The zero-order valence-electron chi connectivity index (χ0n) is 9.54. The summed E-state index contributed by atoms with van der Waals surface area (Å²) >= 11 is 9.13. The molecule has 6 heteroatoms. The molecule has 1 aliphatic rings. The van der Waals surface area contributed by atoms with Crippen LogP contribution in [0.1, 0.15) is 10.4 Å². The quantitative estimate of drug-likeness (QED) is 0.777. The van der Waals surface area contributed by atoms with Crippen LogP contribution in [0.4, 0.5) is 4.39 Å². The Hall–Kier alpha value is -0.650. The lowest BCUT2D eigenvalue weighted by Crippen LogP contribution is -2.49. The lowest BCUT2D eigenvalue weighted by molar-refractivity contribution is 0.00500. The summed E-state index contributed by atoms with van der Waals surface area (Å²) in [5.41, 5.74) is 0.00958. The molecule has 1 aromatic rings. The molecule has 98 valence electrons. The summed E-state index contributed by atoms with van der Waals surface area (Å²) in [7, 11) is 0. The van der Waals surface area contributed by atoms with Gasteiger partial charge in [-0.15, -0.1) is 0 Å². The number of hydrogen-bond donors (Lipinski definition) is 0. The van der Waals surface area contributed by atoms with Crippen molar-refractivity contribution in [2.24, 2.45) is 0 Å². The molecule has 1 aliphatic heterocycles. The maximum Gasteiger partial charge on any atom is 0.257 e. The van der Waals surface area contributed by atoms with Crippen LogP contribution in [0.3, 0.4) is 0 Å². The van der Waals surface area contributed by atoms with Gasteiger partial charge in [0.15, 0.2) is 0 Å². The fourth-order valence-corrected chi connectivity index (χ4v) is 2.57. The Kier molecular flexibility index (Phi) is 4.59. The molecule has 0 spiro atoms. The second kappa shape index (κ2) is 5.99. The van der Waals surface area contributed by atoms with Crippen molar-refractivity contribution in [2.45, 2.75) is 6.04 Å². The fraction of sp³-hybridized carbons (Fsp3) is 0.417. The van der Waals surface area contributed by atoms with E-state index in [0.717, 1.165) is 0 Å². The van der Waals surface area contributed by atoms with E-state index in [4.69, 9.17) is 16.3 Å². The lowest BCUT2D eigenvalue weighted by atomic mass is 10.1. The standard InChI is InChI=1S/C12H12BrClFNO2/c13-6-9-7-18-4-3-16(9)12(17)10-5-8(14)1-2-11(10)15/h1-2,5,9H,3-4,6-7H2. The smallest absolute Gasteiger partial charge is 0.257 e. The number of alkyl halides is 1. The Labute approximate surface area is 118 Å². The van der Waals surface area contributed by atoms with Crippen LogP contribution in [0.2, 0.25) is 5.02 Å². The van der Waals surface area contributed by atoms with Crippen molar-refractivity contribution in [1.29, 1.82) is 0 Å². The van der Waals surface area contributed by atoms with E-state index >= 15 is 0 Å². The number of carbonyl (C=O) groups is 1. The van der Waals surface area contributed by atoms with E-state index in [9.17, 15) is 9.18 Å². The predicted octanol–water partition coefficient (Wildman–Crippen LogP) is 2.72. The summed E-state index contributed by atoms with van der Waals surface area (Å²) in [6.07, 6.45) is 0. The second-order valence-corrected chi connectivity index (χ2v) is 5.09. The summed E-state index contributed by atoms with van der Waals surface area (Å²) < 4.78 is 19.0. The summed E-state index contributed by atoms with van der Waals surface area (Å²) in [6.45, 7) is 1.39. The number of morpholine rings is 1. The number of ether oxygens (including phenoxy) is 1. The van der Waals surface area contributed by atoms with E-state index in [1.165, 1.54) is 18.2 Å². The van der Waals surface area contributed by atoms with Crippen molar-refractivity contribution in [3.05, 3.63) is 34.6 Å². The van der Waals surface area contributed by atoms with Crippen LogP contribution in [0.5, 0.6) is 0 Å². The molecule has 1 atom stereocenters. The summed E-state index contributed by atoms with van der Waals surface area (Å²) in [5, 5.41) is 0.949. The monoisotopic (exact) mass is 335 g/mol. The molecule has 1 amide bonds. The van der Waals surface area contributed by atoms with Gasteiger partial charge in [-0.3, -0.25) is 4.79 Å². The molecule has 1 unspecified atom stereocenters. The molecular formula is C12H12BrClFNO2. The second-order valence-electron chi connectivity index (χ2n) is 4.01. The van der Waals surface area contributed by atoms with E-state index in [2.05, 4.69) is 15.9 Å². The molecule has 3 nitrogen and oxygen atoms in total. The number of amides is 1. The fourth-order valence-electron chi connectivity index (χ4n) is 1.87. The zero-order chi connectivity index (χ0) is 13.1. The van der Waals surface area contributed by atoms with Crippen LogP contribution in [0.25, 0.3) is 0 Å². The number of carbonyl (C=O) groups excluding carboxylic acids is 1. The number of rotatable bonds is 2. The highest BCUT2D eigenvalue weighted by Crippen LogP contribution is 2.19. The van der Waals surface area contributed by atoms with Gasteiger partial charge in [-0.25, -0.2) is 4.39 Å². The summed E-state index contributed by atoms with van der Waals surface area (Å²) in [6, 6.07) is 3.92. The molecule has 0 bridgehead atoms. The average Bonchev–Trinajstić information content (AvgIpc) is 2.40. The molecule has 0 saturated carbocycles. The molecule has 1 heterocycles. The van der Waals surface area contributed by atoms with E-state index in [1.54, 1.807) is 4.90 Å². The highest BCUT2D eigenvalue weighted by Gasteiger charge is 2.28. The van der Waals surface area contributed by atoms with Crippen molar-refractivity contribution in [3.8, 4) is 0 Å². The molecule has 18 heavy (non-hydrogen) atoms. The Morgan fingerprint density at radius 1 is 1.61 bits per heavy atom. The molecule has 1 aromatic carbocycles. The first-order chi connectivity index (χ1) is 8.63. The van der Waals surface area contributed by atoms with Crippen molar-refractivity contribution >= 4 is 33.4 Å². The van der Waals surface area contributed by atoms with Crippen molar-refractivity contribution in [1.82, 2.24) is 4.90 Å². The minimum Gasteiger partial charge on any atom is -0.377 e. The van der Waals surface area contributed by atoms with Crippen LogP contribution < -0.4 is 0 Å². The Morgan fingerprint density at radius 3 is 3.11 bits per heavy atom. The van der Waals surface area contributed by atoms with E-state index in [0.29, 0.717) is 30.1 Å². The van der Waals surface area contributed by atoms with Crippen LogP contribution >= 0.6 is 27.5 Å². The molecule has 1 saturated heterocycles. The largest absolute Gasteiger partial charge is 0.377 e. The highest BCUT2D eigenvalue weighted by molar-refractivity contribution is 9.09. The van der Waals surface area contributed by atoms with Crippen LogP contribution in [-0.2, 0) is 4.74 Å². The van der Waals surface area contributed by atoms with Crippen LogP contribution in [-0.4, -0.2) is 41.9 Å². The van der Waals surface area contributed by atoms with Gasteiger partial charge < -0.3 is 9.64 Å². The third-order valence-corrected chi connectivity index (χ3v) is 3.81. The predicted molar refractivity (Wildman–Crippen MR) is 70.8 cm³/mol. The first-order valence-corrected chi connectivity index (χ1v) is 7.03. The van der Waals surface area contributed by atoms with Gasteiger partial charge in [-0.2, -0.15) is 0 Å². The van der Waals surface area contributed by atoms with Crippen molar-refractivity contribution < 1.29 is 13.9 Å². The van der Waals surface area contributed by atoms with Crippen LogP contribution in [0, 0.1) is 5.82 Å². The molecule has 0 radical (unpaired) electrons. The molecular weight excluding hydrogens is 324 g/mol. The molecule has 0 aliphatic carbocycles. The third kappa shape index (κ3) is 2.84. The van der Waals surface area contributed by atoms with E-state index in [-0.39, 0.29) is 17.5 Å². The first-order valence-electron chi connectivity index (χ1n) is 5.53. The minimum atomic E-state index is -0.552. The molecule has 0 N–H and O–H groups in total. The number of nitrogens with zero attached hydrogens (tertiary/aromatic N) is 1. The number of hydrogen-bond acceptors (Lipinski definition) is 2. The Morgan fingerprint density at radius 2 is 2.39 bits per heavy atom. The van der Waals surface area contributed by atoms with Crippen LogP contribution in [0.15, 0.2) is 18.2 Å². The Bertz CT molecular complexity index is 458. The van der Waals surface area contributed by atoms with Gasteiger partial charge in [0.2, 0.25) is 0 Å². The first kappa shape index (κ1) is 13.8. The summed E-state index contributed by atoms with van der Waals surface area (Å²) in [5.74, 6) is -0.896. The SMILES string of the molecule is O=C(c1cc(Cl)ccc1F)N1CCOCC1CBr. The average molecular weight is 337 g/mol. The minimum absolute atomic E-state index is 0.00958. The van der Waals surface area contributed by atoms with Gasteiger partial charge in [0, 0.05) is 16.9 Å². The van der Waals surface area contributed by atoms with E-state index < -0.39 is 5.82 Å². The zero-order valence-corrected chi connectivity index (χ0v) is 11.9. The van der Waals surface area contributed by atoms with E-state index in [1.807, 2.05) is 0 Å². The van der Waals surface area contributed by atoms with Gasteiger partial charge in [0.1, 0.15) is 5.82 Å². The number of halogens is 3. The van der Waals surface area contributed by atoms with Gasteiger partial charge in [0.05, 0.1) is 24.8 Å². The highest BCUT2D eigenvalue weighted by atomic mass is 79.9. The molecule has 2 rings (SSSR count). The normalized spacial score (nSPS) is 19.9. The lowest BCUT2D eigenvalue weighted by Gasteiger charge is -2.34. The van der Waals surface area contributed by atoms with Gasteiger partial charge in [0.25, 0.3) is 5.91 Å². The summed E-state index contributed by atoms with van der Waals surface area (Å²) in [4.78, 5) is 13.9. The van der Waals surface area contributed by atoms with Gasteiger partial charge in [-0.1, -0.05) is 27.5 Å².